The van der Waals surface area contributed by atoms with Crippen LogP contribution in [0.4, 0.5) is 9.80 Å². The van der Waals surface area contributed by atoms with E-state index in [1.165, 1.54) is 6.08 Å². The minimum absolute atomic E-state index is 0.0819. The van der Waals surface area contributed by atoms with E-state index < -0.39 is 12.1 Å². The summed E-state index contributed by atoms with van der Waals surface area (Å²) in [6, 6.07) is 0. The van der Waals surface area contributed by atoms with E-state index in [1.54, 1.807) is 12.3 Å². The van der Waals surface area contributed by atoms with Gasteiger partial charge in [-0.15, -0.1) is 11.3 Å². The molecular formula is C10H11NO4S. The standard InChI is InChI=1S/C10H11NO4S/c1-3-4-15-10(14)11-8-7(9(12)13)6(2)5-16-8/h3,5H,1,4H2,2H3,(H,11,14)(H,12,13). The molecule has 0 bridgehead atoms. The molecule has 0 saturated heterocycles. The highest BCUT2D eigenvalue weighted by Crippen LogP contribution is 2.27. The number of nitrogens with one attached hydrogen (secondary N) is 1. The zero-order chi connectivity index (χ0) is 12.1. The minimum Gasteiger partial charge on any atom is -0.478 e. The van der Waals surface area contributed by atoms with E-state index in [0.29, 0.717) is 5.56 Å². The van der Waals surface area contributed by atoms with Crippen LogP contribution in [0, 0.1) is 6.92 Å². The van der Waals surface area contributed by atoms with Crippen molar-refractivity contribution in [3.8, 4) is 0 Å². The molecule has 16 heavy (non-hydrogen) atoms. The second kappa shape index (κ2) is 5.32. The van der Waals surface area contributed by atoms with E-state index in [1.807, 2.05) is 0 Å². The molecule has 0 spiro atoms. The number of rotatable bonds is 4. The Morgan fingerprint density at radius 3 is 2.94 bits per heavy atom. The van der Waals surface area contributed by atoms with Crippen molar-refractivity contribution >= 4 is 28.4 Å². The number of carbonyl (C=O) groups excluding carboxylic acids is 1. The van der Waals surface area contributed by atoms with Gasteiger partial charge < -0.3 is 9.84 Å². The number of aromatic carboxylic acids is 1. The maximum absolute atomic E-state index is 11.2. The van der Waals surface area contributed by atoms with E-state index >= 15 is 0 Å². The van der Waals surface area contributed by atoms with Gasteiger partial charge in [0.05, 0.1) is 5.56 Å². The molecule has 0 fully saturated rings. The van der Waals surface area contributed by atoms with Gasteiger partial charge in [0.2, 0.25) is 0 Å². The van der Waals surface area contributed by atoms with Crippen LogP contribution in [-0.4, -0.2) is 23.8 Å². The van der Waals surface area contributed by atoms with Gasteiger partial charge in [-0.25, -0.2) is 9.59 Å². The molecule has 0 aliphatic carbocycles. The number of carboxylic acid groups (broad SMARTS) is 1. The second-order valence-corrected chi connectivity index (χ2v) is 3.82. The van der Waals surface area contributed by atoms with Gasteiger partial charge in [-0.1, -0.05) is 12.7 Å². The molecule has 6 heteroatoms. The van der Waals surface area contributed by atoms with Gasteiger partial charge in [0.15, 0.2) is 0 Å². The highest BCUT2D eigenvalue weighted by atomic mass is 32.1. The third kappa shape index (κ3) is 2.83. The average Bonchev–Trinajstić information content (AvgIpc) is 2.56. The molecule has 0 saturated carbocycles. The van der Waals surface area contributed by atoms with Crippen molar-refractivity contribution < 1.29 is 19.4 Å². The predicted octanol–water partition coefficient (Wildman–Crippen LogP) is 2.49. The molecule has 1 heterocycles. The Labute approximate surface area is 96.4 Å². The quantitative estimate of drug-likeness (QED) is 0.794. The molecule has 1 aromatic heterocycles. The van der Waals surface area contributed by atoms with E-state index in [0.717, 1.165) is 11.3 Å². The van der Waals surface area contributed by atoms with Crippen LogP contribution in [0.3, 0.4) is 0 Å². The highest BCUT2D eigenvalue weighted by Gasteiger charge is 2.17. The molecule has 0 aliphatic rings. The number of hydrogen-bond donors (Lipinski definition) is 2. The Balaban J connectivity index is 2.77. The number of carbonyl (C=O) groups is 2. The van der Waals surface area contributed by atoms with Gasteiger partial charge in [-0.3, -0.25) is 5.32 Å². The van der Waals surface area contributed by atoms with Crippen LogP contribution in [-0.2, 0) is 4.74 Å². The SMILES string of the molecule is C=CCOC(=O)Nc1scc(C)c1C(=O)O. The predicted molar refractivity (Wildman–Crippen MR) is 61.2 cm³/mol. The van der Waals surface area contributed by atoms with Crippen molar-refractivity contribution in [2.45, 2.75) is 6.92 Å². The van der Waals surface area contributed by atoms with Crippen molar-refractivity contribution in [3.05, 3.63) is 29.2 Å². The fourth-order valence-corrected chi connectivity index (χ4v) is 1.99. The van der Waals surface area contributed by atoms with E-state index in [-0.39, 0.29) is 17.2 Å². The number of thiophene rings is 1. The second-order valence-electron chi connectivity index (χ2n) is 2.94. The maximum Gasteiger partial charge on any atom is 0.412 e. The summed E-state index contributed by atoms with van der Waals surface area (Å²) in [7, 11) is 0. The summed E-state index contributed by atoms with van der Waals surface area (Å²) in [5.74, 6) is -1.07. The van der Waals surface area contributed by atoms with Crippen LogP contribution in [0.15, 0.2) is 18.0 Å². The third-order valence-electron chi connectivity index (χ3n) is 1.74. The molecule has 1 amide bonds. The fourth-order valence-electron chi connectivity index (χ4n) is 1.07. The Kier molecular flexibility index (Phi) is 4.07. The van der Waals surface area contributed by atoms with Crippen molar-refractivity contribution in [1.29, 1.82) is 0 Å². The molecule has 0 radical (unpaired) electrons. The van der Waals surface area contributed by atoms with Gasteiger partial charge in [0.1, 0.15) is 11.6 Å². The lowest BCUT2D eigenvalue weighted by atomic mass is 10.2. The lowest BCUT2D eigenvalue weighted by Crippen LogP contribution is -2.14. The highest BCUT2D eigenvalue weighted by molar-refractivity contribution is 7.15. The molecule has 2 N–H and O–H groups in total. The molecule has 0 unspecified atom stereocenters. The van der Waals surface area contributed by atoms with Gasteiger partial charge >= 0.3 is 12.1 Å². The van der Waals surface area contributed by atoms with Crippen molar-refractivity contribution in [1.82, 2.24) is 0 Å². The number of carboxylic acids is 1. The molecular weight excluding hydrogens is 230 g/mol. The Hall–Kier alpha value is -1.82. The number of anilines is 1. The van der Waals surface area contributed by atoms with Crippen LogP contribution in [0.5, 0.6) is 0 Å². The topological polar surface area (TPSA) is 75.6 Å². The van der Waals surface area contributed by atoms with Crippen LogP contribution in [0.1, 0.15) is 15.9 Å². The monoisotopic (exact) mass is 241 g/mol. The normalized spacial score (nSPS) is 9.56. The number of ether oxygens (including phenoxy) is 1. The smallest absolute Gasteiger partial charge is 0.412 e. The van der Waals surface area contributed by atoms with Crippen molar-refractivity contribution in [2.24, 2.45) is 0 Å². The summed E-state index contributed by atoms with van der Waals surface area (Å²) in [5.41, 5.74) is 0.706. The van der Waals surface area contributed by atoms with Crippen molar-refractivity contribution in [2.75, 3.05) is 11.9 Å². The molecule has 1 rings (SSSR count). The zero-order valence-corrected chi connectivity index (χ0v) is 9.47. The fraction of sp³-hybridized carbons (Fsp3) is 0.200. The van der Waals surface area contributed by atoms with Crippen LogP contribution >= 0.6 is 11.3 Å². The van der Waals surface area contributed by atoms with E-state index in [9.17, 15) is 9.59 Å². The van der Waals surface area contributed by atoms with Gasteiger partial charge in [-0.05, 0) is 17.9 Å². The molecule has 86 valence electrons. The van der Waals surface area contributed by atoms with Gasteiger partial charge in [0, 0.05) is 0 Å². The summed E-state index contributed by atoms with van der Waals surface area (Å²) >= 11 is 1.15. The van der Waals surface area contributed by atoms with Crippen molar-refractivity contribution in [3.63, 3.8) is 0 Å². The number of hydrogen-bond acceptors (Lipinski definition) is 4. The maximum atomic E-state index is 11.2. The summed E-state index contributed by atoms with van der Waals surface area (Å²) in [6.07, 6.45) is 0.737. The first-order valence-corrected chi connectivity index (χ1v) is 5.30. The minimum atomic E-state index is -1.07. The van der Waals surface area contributed by atoms with Crippen LogP contribution < -0.4 is 5.32 Å². The number of amides is 1. The Morgan fingerprint density at radius 2 is 2.38 bits per heavy atom. The molecule has 1 aromatic rings. The van der Waals surface area contributed by atoms with Crippen LogP contribution in [0.25, 0.3) is 0 Å². The first-order valence-electron chi connectivity index (χ1n) is 4.42. The Morgan fingerprint density at radius 1 is 1.69 bits per heavy atom. The van der Waals surface area contributed by atoms with Gasteiger partial charge in [0.25, 0.3) is 0 Å². The summed E-state index contributed by atoms with van der Waals surface area (Å²) in [5, 5.41) is 13.2. The molecule has 0 atom stereocenters. The van der Waals surface area contributed by atoms with Crippen LogP contribution in [0.2, 0.25) is 0 Å². The van der Waals surface area contributed by atoms with E-state index in [2.05, 4.69) is 16.6 Å². The zero-order valence-electron chi connectivity index (χ0n) is 8.65. The largest absolute Gasteiger partial charge is 0.478 e. The average molecular weight is 241 g/mol. The first-order chi connectivity index (χ1) is 7.56. The first kappa shape index (κ1) is 12.3. The summed E-state index contributed by atoms with van der Waals surface area (Å²) in [6.45, 7) is 5.14. The van der Waals surface area contributed by atoms with Gasteiger partial charge in [-0.2, -0.15) is 0 Å². The lowest BCUT2D eigenvalue weighted by molar-refractivity contribution is 0.0698. The third-order valence-corrected chi connectivity index (χ3v) is 2.75. The Bertz CT molecular complexity index is 424. The molecule has 0 aliphatic heterocycles. The lowest BCUT2D eigenvalue weighted by Gasteiger charge is -2.04. The molecule has 0 aromatic carbocycles. The number of aryl methyl sites for hydroxylation is 1. The molecule has 5 nitrogen and oxygen atoms in total. The summed E-state index contributed by atoms with van der Waals surface area (Å²) in [4.78, 5) is 22.1. The summed E-state index contributed by atoms with van der Waals surface area (Å²) < 4.78 is 4.68. The van der Waals surface area contributed by atoms with E-state index in [4.69, 9.17) is 5.11 Å².